The van der Waals surface area contributed by atoms with Gasteiger partial charge in [-0.1, -0.05) is 46.3 Å². The van der Waals surface area contributed by atoms with Gasteiger partial charge in [-0.3, -0.25) is 9.89 Å². The minimum absolute atomic E-state index is 0.211. The zero-order chi connectivity index (χ0) is 16.9. The molecular weight excluding hydrogens is 370 g/mol. The maximum absolute atomic E-state index is 12.3. The van der Waals surface area contributed by atoms with Crippen molar-refractivity contribution in [1.29, 1.82) is 0 Å². The number of carbonyl (C=O) groups is 1. The number of halogens is 1. The largest absolute Gasteiger partial charge is 0.496 e. The van der Waals surface area contributed by atoms with E-state index in [2.05, 4.69) is 31.4 Å². The number of H-pyrrole nitrogens is 1. The first-order chi connectivity index (χ1) is 11.7. The van der Waals surface area contributed by atoms with Crippen LogP contribution < -0.4 is 10.1 Å². The molecule has 5 nitrogen and oxygen atoms in total. The van der Waals surface area contributed by atoms with Gasteiger partial charge in [0, 0.05) is 22.1 Å². The summed E-state index contributed by atoms with van der Waals surface area (Å²) in [6.07, 6.45) is 0. The minimum atomic E-state index is -0.211. The molecular formula is C18H16BrN3O2. The lowest BCUT2D eigenvalue weighted by atomic mass is 10.1. The van der Waals surface area contributed by atoms with Crippen LogP contribution in [0.25, 0.3) is 11.3 Å². The van der Waals surface area contributed by atoms with E-state index in [0.717, 1.165) is 27.0 Å². The SMILES string of the molecule is COc1ccccc1CNC(=O)c1cc(-c2ccc(Br)cc2)n[nH]1. The van der Waals surface area contributed by atoms with Crippen LogP contribution in [0.15, 0.2) is 59.1 Å². The topological polar surface area (TPSA) is 67.0 Å². The fourth-order valence-electron chi connectivity index (χ4n) is 2.33. The number of amides is 1. The highest BCUT2D eigenvalue weighted by atomic mass is 79.9. The Morgan fingerprint density at radius 3 is 2.71 bits per heavy atom. The van der Waals surface area contributed by atoms with Crippen molar-refractivity contribution in [3.63, 3.8) is 0 Å². The molecule has 0 saturated carbocycles. The van der Waals surface area contributed by atoms with Crippen LogP contribution in [0.5, 0.6) is 5.75 Å². The number of para-hydroxylation sites is 1. The molecule has 0 aliphatic carbocycles. The van der Waals surface area contributed by atoms with Crippen molar-refractivity contribution in [3.05, 3.63) is 70.3 Å². The van der Waals surface area contributed by atoms with E-state index in [1.165, 1.54) is 0 Å². The molecule has 6 heteroatoms. The number of aromatic nitrogens is 2. The molecule has 1 heterocycles. The molecule has 0 fully saturated rings. The summed E-state index contributed by atoms with van der Waals surface area (Å²) in [4.78, 5) is 12.3. The molecule has 24 heavy (non-hydrogen) atoms. The second-order valence-electron chi connectivity index (χ2n) is 5.17. The van der Waals surface area contributed by atoms with Gasteiger partial charge in [0.15, 0.2) is 0 Å². The Balaban J connectivity index is 1.69. The Kier molecular flexibility index (Phi) is 4.96. The zero-order valence-electron chi connectivity index (χ0n) is 13.0. The van der Waals surface area contributed by atoms with E-state index in [1.807, 2.05) is 48.5 Å². The summed E-state index contributed by atoms with van der Waals surface area (Å²) >= 11 is 3.40. The van der Waals surface area contributed by atoms with E-state index in [1.54, 1.807) is 13.2 Å². The van der Waals surface area contributed by atoms with Gasteiger partial charge in [0.2, 0.25) is 0 Å². The first-order valence-corrected chi connectivity index (χ1v) is 8.18. The van der Waals surface area contributed by atoms with Gasteiger partial charge in [0.05, 0.1) is 12.8 Å². The predicted molar refractivity (Wildman–Crippen MR) is 95.9 cm³/mol. The van der Waals surface area contributed by atoms with Crippen LogP contribution in [0, 0.1) is 0 Å². The molecule has 2 N–H and O–H groups in total. The average molecular weight is 386 g/mol. The van der Waals surface area contributed by atoms with E-state index in [-0.39, 0.29) is 5.91 Å². The standard InChI is InChI=1S/C18H16BrN3O2/c1-24-17-5-3-2-4-13(17)11-20-18(23)16-10-15(21-22-16)12-6-8-14(19)9-7-12/h2-10H,11H2,1H3,(H,20,23)(H,21,22). The highest BCUT2D eigenvalue weighted by molar-refractivity contribution is 9.10. The van der Waals surface area contributed by atoms with E-state index >= 15 is 0 Å². The average Bonchev–Trinajstić information content (AvgIpc) is 3.10. The Labute approximate surface area is 148 Å². The van der Waals surface area contributed by atoms with Crippen molar-refractivity contribution < 1.29 is 9.53 Å². The van der Waals surface area contributed by atoms with Crippen LogP contribution in [-0.4, -0.2) is 23.2 Å². The van der Waals surface area contributed by atoms with Gasteiger partial charge in [-0.25, -0.2) is 0 Å². The van der Waals surface area contributed by atoms with Crippen LogP contribution in [0.3, 0.4) is 0 Å². The molecule has 0 bridgehead atoms. The normalized spacial score (nSPS) is 10.4. The number of nitrogens with zero attached hydrogens (tertiary/aromatic N) is 1. The first kappa shape index (κ1) is 16.3. The van der Waals surface area contributed by atoms with Crippen LogP contribution in [0.1, 0.15) is 16.1 Å². The zero-order valence-corrected chi connectivity index (χ0v) is 14.6. The number of carbonyl (C=O) groups excluding carboxylic acids is 1. The smallest absolute Gasteiger partial charge is 0.269 e. The fraction of sp³-hybridized carbons (Fsp3) is 0.111. The van der Waals surface area contributed by atoms with Crippen molar-refractivity contribution in [2.75, 3.05) is 7.11 Å². The molecule has 3 aromatic rings. The summed E-state index contributed by atoms with van der Waals surface area (Å²) in [5.74, 6) is 0.537. The van der Waals surface area contributed by atoms with Crippen molar-refractivity contribution >= 4 is 21.8 Å². The molecule has 0 atom stereocenters. The predicted octanol–water partition coefficient (Wildman–Crippen LogP) is 3.78. The summed E-state index contributed by atoms with van der Waals surface area (Å²) < 4.78 is 6.28. The van der Waals surface area contributed by atoms with Crippen molar-refractivity contribution in [2.24, 2.45) is 0 Å². The number of nitrogens with one attached hydrogen (secondary N) is 2. The van der Waals surface area contributed by atoms with Gasteiger partial charge >= 0.3 is 0 Å². The maximum Gasteiger partial charge on any atom is 0.269 e. The van der Waals surface area contributed by atoms with Crippen LogP contribution in [0.4, 0.5) is 0 Å². The third kappa shape index (κ3) is 3.65. The van der Waals surface area contributed by atoms with Crippen molar-refractivity contribution in [1.82, 2.24) is 15.5 Å². The first-order valence-electron chi connectivity index (χ1n) is 7.39. The Morgan fingerprint density at radius 2 is 1.96 bits per heavy atom. The number of rotatable bonds is 5. The number of methoxy groups -OCH3 is 1. The summed E-state index contributed by atoms with van der Waals surface area (Å²) in [6.45, 7) is 0.384. The molecule has 1 aromatic heterocycles. The van der Waals surface area contributed by atoms with Gasteiger partial charge in [0.25, 0.3) is 5.91 Å². The summed E-state index contributed by atoms with van der Waals surface area (Å²) in [7, 11) is 1.61. The van der Waals surface area contributed by atoms with Gasteiger partial charge in [0.1, 0.15) is 11.4 Å². The molecule has 0 saturated heterocycles. The molecule has 0 radical (unpaired) electrons. The Morgan fingerprint density at radius 1 is 1.21 bits per heavy atom. The lowest BCUT2D eigenvalue weighted by Crippen LogP contribution is -2.23. The number of ether oxygens (including phenoxy) is 1. The molecule has 0 aliphatic rings. The van der Waals surface area contributed by atoms with E-state index in [0.29, 0.717) is 12.2 Å². The summed E-state index contributed by atoms with van der Waals surface area (Å²) in [5, 5.41) is 9.84. The maximum atomic E-state index is 12.3. The second-order valence-corrected chi connectivity index (χ2v) is 6.08. The van der Waals surface area contributed by atoms with Gasteiger partial charge in [-0.05, 0) is 24.3 Å². The Hall–Kier alpha value is -2.60. The molecule has 0 aliphatic heterocycles. The van der Waals surface area contributed by atoms with Gasteiger partial charge in [-0.15, -0.1) is 0 Å². The highest BCUT2D eigenvalue weighted by Crippen LogP contribution is 2.21. The molecule has 2 aromatic carbocycles. The van der Waals surface area contributed by atoms with Crippen molar-refractivity contribution in [2.45, 2.75) is 6.54 Å². The molecule has 3 rings (SSSR count). The van der Waals surface area contributed by atoms with Gasteiger partial charge in [-0.2, -0.15) is 5.10 Å². The lowest BCUT2D eigenvalue weighted by molar-refractivity contribution is 0.0945. The second kappa shape index (κ2) is 7.31. The van der Waals surface area contributed by atoms with Crippen LogP contribution in [-0.2, 0) is 6.54 Å². The Bertz CT molecular complexity index is 843. The quantitative estimate of drug-likeness (QED) is 0.702. The molecule has 122 valence electrons. The van der Waals surface area contributed by atoms with E-state index in [9.17, 15) is 4.79 Å². The lowest BCUT2D eigenvalue weighted by Gasteiger charge is -2.08. The van der Waals surface area contributed by atoms with Crippen LogP contribution in [0.2, 0.25) is 0 Å². The van der Waals surface area contributed by atoms with E-state index < -0.39 is 0 Å². The number of aromatic amines is 1. The molecule has 0 unspecified atom stereocenters. The number of benzene rings is 2. The number of hydrogen-bond donors (Lipinski definition) is 2. The number of hydrogen-bond acceptors (Lipinski definition) is 3. The summed E-state index contributed by atoms with van der Waals surface area (Å²) in [5.41, 5.74) is 3.01. The van der Waals surface area contributed by atoms with E-state index in [4.69, 9.17) is 4.74 Å². The highest BCUT2D eigenvalue weighted by Gasteiger charge is 2.11. The van der Waals surface area contributed by atoms with Gasteiger partial charge < -0.3 is 10.1 Å². The molecule has 0 spiro atoms. The minimum Gasteiger partial charge on any atom is -0.496 e. The summed E-state index contributed by atoms with van der Waals surface area (Å²) in [6, 6.07) is 17.1. The monoisotopic (exact) mass is 385 g/mol. The third-order valence-electron chi connectivity index (χ3n) is 3.59. The third-order valence-corrected chi connectivity index (χ3v) is 4.12. The fourth-order valence-corrected chi connectivity index (χ4v) is 2.59. The molecule has 1 amide bonds. The van der Waals surface area contributed by atoms with Crippen LogP contribution >= 0.6 is 15.9 Å². The van der Waals surface area contributed by atoms with Crippen molar-refractivity contribution in [3.8, 4) is 17.0 Å².